The van der Waals surface area contributed by atoms with E-state index in [0.717, 1.165) is 24.5 Å². The number of amides is 1. The van der Waals surface area contributed by atoms with E-state index in [0.29, 0.717) is 21.9 Å². The molecule has 1 heterocycles. The lowest BCUT2D eigenvalue weighted by molar-refractivity contribution is 0.0955. The molecule has 7 heteroatoms. The third-order valence-corrected chi connectivity index (χ3v) is 4.71. The summed E-state index contributed by atoms with van der Waals surface area (Å²) in [5.74, 6) is 1.10. The van der Waals surface area contributed by atoms with E-state index in [1.54, 1.807) is 44.7 Å². The molecule has 1 fully saturated rings. The van der Waals surface area contributed by atoms with Crippen LogP contribution in [0.4, 0.5) is 5.69 Å². The SMILES string of the molecule is COc1cc(N2CCCC2)c(OC)cc1/C=N\NC(=O)c1ccc(Cl)cc1. The number of carbonyl (C=O) groups is 1. The number of benzene rings is 2. The van der Waals surface area contributed by atoms with Crippen molar-refractivity contribution in [2.75, 3.05) is 32.2 Å². The van der Waals surface area contributed by atoms with Crippen molar-refractivity contribution in [3.63, 3.8) is 0 Å². The van der Waals surface area contributed by atoms with Crippen LogP contribution in [-0.4, -0.2) is 39.4 Å². The van der Waals surface area contributed by atoms with Crippen molar-refractivity contribution in [1.82, 2.24) is 5.43 Å². The molecule has 6 nitrogen and oxygen atoms in total. The molecule has 2 aromatic rings. The zero-order chi connectivity index (χ0) is 19.2. The van der Waals surface area contributed by atoms with E-state index in [4.69, 9.17) is 21.1 Å². The van der Waals surface area contributed by atoms with Crippen molar-refractivity contribution in [2.24, 2.45) is 5.10 Å². The van der Waals surface area contributed by atoms with Crippen molar-refractivity contribution >= 4 is 29.4 Å². The van der Waals surface area contributed by atoms with E-state index >= 15 is 0 Å². The monoisotopic (exact) mass is 387 g/mol. The van der Waals surface area contributed by atoms with Crippen LogP contribution in [0.3, 0.4) is 0 Å². The summed E-state index contributed by atoms with van der Waals surface area (Å²) in [5, 5.41) is 4.62. The highest BCUT2D eigenvalue weighted by molar-refractivity contribution is 6.30. The zero-order valence-corrected chi connectivity index (χ0v) is 16.1. The van der Waals surface area contributed by atoms with Crippen LogP contribution in [0.1, 0.15) is 28.8 Å². The molecule has 142 valence electrons. The summed E-state index contributed by atoms with van der Waals surface area (Å²) < 4.78 is 11.0. The number of rotatable bonds is 6. The standard InChI is InChI=1S/C20H22ClN3O3/c1-26-18-12-17(24-9-3-4-10-24)19(27-2)11-15(18)13-22-23-20(25)14-5-7-16(21)8-6-14/h5-8,11-13H,3-4,9-10H2,1-2H3,(H,23,25)/b22-13-. The molecular weight excluding hydrogens is 366 g/mol. The number of nitrogens with one attached hydrogen (secondary N) is 1. The average molecular weight is 388 g/mol. The number of carbonyl (C=O) groups excluding carboxylic acids is 1. The number of hydrogen-bond donors (Lipinski definition) is 1. The minimum absolute atomic E-state index is 0.317. The maximum Gasteiger partial charge on any atom is 0.271 e. The lowest BCUT2D eigenvalue weighted by Gasteiger charge is -2.22. The molecule has 0 aromatic heterocycles. The van der Waals surface area contributed by atoms with Crippen LogP contribution in [0, 0.1) is 0 Å². The Morgan fingerprint density at radius 1 is 1.11 bits per heavy atom. The van der Waals surface area contributed by atoms with Gasteiger partial charge in [-0.1, -0.05) is 11.6 Å². The van der Waals surface area contributed by atoms with Crippen LogP contribution in [0.15, 0.2) is 41.5 Å². The summed E-state index contributed by atoms with van der Waals surface area (Å²) in [7, 11) is 3.25. The van der Waals surface area contributed by atoms with Crippen LogP contribution in [0.2, 0.25) is 5.02 Å². The van der Waals surface area contributed by atoms with Gasteiger partial charge in [0.1, 0.15) is 11.5 Å². The largest absolute Gasteiger partial charge is 0.496 e. The van der Waals surface area contributed by atoms with Crippen LogP contribution in [0.25, 0.3) is 0 Å². The molecule has 1 saturated heterocycles. The van der Waals surface area contributed by atoms with E-state index in [2.05, 4.69) is 15.4 Å². The van der Waals surface area contributed by atoms with Crippen molar-refractivity contribution in [3.05, 3.63) is 52.5 Å². The summed E-state index contributed by atoms with van der Waals surface area (Å²) in [4.78, 5) is 14.4. The van der Waals surface area contributed by atoms with Crippen LogP contribution >= 0.6 is 11.6 Å². The number of methoxy groups -OCH3 is 2. The molecule has 0 atom stereocenters. The third kappa shape index (κ3) is 4.52. The van der Waals surface area contributed by atoms with E-state index in [9.17, 15) is 4.79 Å². The fourth-order valence-electron chi connectivity index (χ4n) is 3.04. The molecule has 0 spiro atoms. The normalized spacial score (nSPS) is 13.8. The molecule has 0 saturated carbocycles. The number of hydrogen-bond acceptors (Lipinski definition) is 5. The molecule has 0 unspecified atom stereocenters. The van der Waals surface area contributed by atoms with Crippen molar-refractivity contribution in [1.29, 1.82) is 0 Å². The average Bonchev–Trinajstić information content (AvgIpc) is 3.22. The molecule has 0 aliphatic carbocycles. The summed E-state index contributed by atoms with van der Waals surface area (Å²) >= 11 is 5.83. The smallest absolute Gasteiger partial charge is 0.271 e. The quantitative estimate of drug-likeness (QED) is 0.606. The molecular formula is C20H22ClN3O3. The maximum absolute atomic E-state index is 12.1. The van der Waals surface area contributed by atoms with Gasteiger partial charge in [0.25, 0.3) is 5.91 Å². The number of ether oxygens (including phenoxy) is 2. The van der Waals surface area contributed by atoms with Crippen molar-refractivity contribution in [3.8, 4) is 11.5 Å². The van der Waals surface area contributed by atoms with Gasteiger partial charge < -0.3 is 14.4 Å². The topological polar surface area (TPSA) is 63.2 Å². The number of nitrogens with zero attached hydrogens (tertiary/aromatic N) is 2. The molecule has 3 rings (SSSR count). The maximum atomic E-state index is 12.1. The minimum atomic E-state index is -0.317. The first-order chi connectivity index (χ1) is 13.1. The summed E-state index contributed by atoms with van der Waals surface area (Å²) in [6, 6.07) is 10.4. The predicted molar refractivity (Wildman–Crippen MR) is 108 cm³/mol. The molecule has 0 radical (unpaired) electrons. The van der Waals surface area contributed by atoms with Crippen molar-refractivity contribution in [2.45, 2.75) is 12.8 Å². The van der Waals surface area contributed by atoms with Gasteiger partial charge in [0.05, 0.1) is 26.1 Å². The van der Waals surface area contributed by atoms with E-state index in [1.807, 2.05) is 12.1 Å². The van der Waals surface area contributed by atoms with Crippen LogP contribution in [-0.2, 0) is 0 Å². The molecule has 1 amide bonds. The second kappa shape index (κ2) is 8.77. The van der Waals surface area contributed by atoms with Crippen molar-refractivity contribution < 1.29 is 14.3 Å². The van der Waals surface area contributed by atoms with Gasteiger partial charge in [-0.15, -0.1) is 0 Å². The molecule has 1 N–H and O–H groups in total. The summed E-state index contributed by atoms with van der Waals surface area (Å²) in [5.41, 5.74) is 4.71. The van der Waals surface area contributed by atoms with Gasteiger partial charge in [-0.3, -0.25) is 4.79 Å². The minimum Gasteiger partial charge on any atom is -0.496 e. The van der Waals surface area contributed by atoms with Gasteiger partial charge in [0.2, 0.25) is 0 Å². The first-order valence-electron chi connectivity index (χ1n) is 8.72. The first kappa shape index (κ1) is 19.0. The second-order valence-corrected chi connectivity index (χ2v) is 6.60. The number of halogens is 1. The Bertz CT molecular complexity index is 831. The number of anilines is 1. The van der Waals surface area contributed by atoms with Crippen LogP contribution in [0.5, 0.6) is 11.5 Å². The fourth-order valence-corrected chi connectivity index (χ4v) is 3.16. The van der Waals surface area contributed by atoms with Crippen LogP contribution < -0.4 is 19.8 Å². The lowest BCUT2D eigenvalue weighted by Crippen LogP contribution is -2.19. The summed E-state index contributed by atoms with van der Waals surface area (Å²) in [6.07, 6.45) is 3.89. The van der Waals surface area contributed by atoms with E-state index < -0.39 is 0 Å². The first-order valence-corrected chi connectivity index (χ1v) is 9.10. The highest BCUT2D eigenvalue weighted by Crippen LogP contribution is 2.36. The summed E-state index contributed by atoms with van der Waals surface area (Å²) in [6.45, 7) is 2.01. The highest BCUT2D eigenvalue weighted by atomic mass is 35.5. The Kier molecular flexibility index (Phi) is 6.19. The van der Waals surface area contributed by atoms with Gasteiger partial charge in [-0.05, 0) is 43.2 Å². The molecule has 2 aromatic carbocycles. The molecule has 0 bridgehead atoms. The van der Waals surface area contributed by atoms with E-state index in [-0.39, 0.29) is 5.91 Å². The van der Waals surface area contributed by atoms with Gasteiger partial charge >= 0.3 is 0 Å². The molecule has 1 aliphatic rings. The van der Waals surface area contributed by atoms with Gasteiger partial charge in [0, 0.05) is 35.3 Å². The predicted octanol–water partition coefficient (Wildman–Crippen LogP) is 3.72. The Morgan fingerprint density at radius 2 is 1.78 bits per heavy atom. The Labute approximate surface area is 163 Å². The fraction of sp³-hybridized carbons (Fsp3) is 0.300. The molecule has 27 heavy (non-hydrogen) atoms. The number of hydrazone groups is 1. The Hall–Kier alpha value is -2.73. The lowest BCUT2D eigenvalue weighted by atomic mass is 10.1. The Morgan fingerprint density at radius 3 is 2.41 bits per heavy atom. The van der Waals surface area contributed by atoms with Gasteiger partial charge in [0.15, 0.2) is 0 Å². The van der Waals surface area contributed by atoms with E-state index in [1.165, 1.54) is 12.8 Å². The highest BCUT2D eigenvalue weighted by Gasteiger charge is 2.19. The second-order valence-electron chi connectivity index (χ2n) is 6.17. The third-order valence-electron chi connectivity index (χ3n) is 4.45. The zero-order valence-electron chi connectivity index (χ0n) is 15.4. The van der Waals surface area contributed by atoms with Gasteiger partial charge in [-0.2, -0.15) is 5.10 Å². The van der Waals surface area contributed by atoms with Gasteiger partial charge in [-0.25, -0.2) is 5.43 Å². The Balaban J connectivity index is 1.77. The molecule has 1 aliphatic heterocycles.